The van der Waals surface area contributed by atoms with Crippen molar-refractivity contribution >= 4 is 23.2 Å². The van der Waals surface area contributed by atoms with Gasteiger partial charge in [-0.05, 0) is 49.4 Å². The fourth-order valence-corrected chi connectivity index (χ4v) is 2.54. The summed E-state index contributed by atoms with van der Waals surface area (Å²) in [7, 11) is 0. The Kier molecular flexibility index (Phi) is 3.96. The van der Waals surface area contributed by atoms with Crippen molar-refractivity contribution in [3.8, 4) is 0 Å². The van der Waals surface area contributed by atoms with E-state index in [0.29, 0.717) is 5.02 Å². The Balaban J connectivity index is 2.02. The molecule has 1 nitrogen and oxygen atoms in total. The largest absolute Gasteiger partial charge is 0.310 e. The van der Waals surface area contributed by atoms with Gasteiger partial charge in [0.1, 0.15) is 5.82 Å². The molecule has 0 amide bonds. The molecular weight excluding hydrogens is 260 g/mol. The Hall–Kier alpha value is -0.310. The summed E-state index contributed by atoms with van der Waals surface area (Å²) >= 11 is 11.7. The topological polar surface area (TPSA) is 12.0 Å². The Morgan fingerprint density at radius 3 is 2.65 bits per heavy atom. The van der Waals surface area contributed by atoms with Crippen LogP contribution in [0.25, 0.3) is 0 Å². The van der Waals surface area contributed by atoms with E-state index >= 15 is 0 Å². The van der Waals surface area contributed by atoms with Gasteiger partial charge in [-0.15, -0.1) is 0 Å². The summed E-state index contributed by atoms with van der Waals surface area (Å²) < 4.78 is 13.4. The fraction of sp³-hybridized carbons (Fsp3) is 0.538. The zero-order valence-corrected chi connectivity index (χ0v) is 11.4. The van der Waals surface area contributed by atoms with Crippen LogP contribution in [0.1, 0.15) is 31.9 Å². The number of hydrogen-bond acceptors (Lipinski definition) is 1. The third-order valence-corrected chi connectivity index (χ3v) is 4.09. The Bertz CT molecular complexity index is 422. The number of benzene rings is 1. The zero-order chi connectivity index (χ0) is 12.6. The van der Waals surface area contributed by atoms with Crippen molar-refractivity contribution in [1.82, 2.24) is 5.32 Å². The molecule has 0 radical (unpaired) electrons. The van der Waals surface area contributed by atoms with Crippen molar-refractivity contribution in [2.24, 2.45) is 11.8 Å². The molecule has 1 saturated carbocycles. The first-order valence-corrected chi connectivity index (χ1v) is 6.62. The molecule has 3 unspecified atom stereocenters. The van der Waals surface area contributed by atoms with Crippen LogP contribution in [0.4, 0.5) is 4.39 Å². The molecule has 17 heavy (non-hydrogen) atoms. The van der Waals surface area contributed by atoms with Crippen LogP contribution in [0.3, 0.4) is 0 Å². The van der Waals surface area contributed by atoms with Gasteiger partial charge in [-0.1, -0.05) is 30.1 Å². The molecule has 1 aliphatic carbocycles. The van der Waals surface area contributed by atoms with Crippen LogP contribution in [0, 0.1) is 17.7 Å². The molecule has 1 aliphatic rings. The van der Waals surface area contributed by atoms with Crippen molar-refractivity contribution in [1.29, 1.82) is 0 Å². The second kappa shape index (κ2) is 5.13. The van der Waals surface area contributed by atoms with Crippen LogP contribution in [-0.2, 0) is 0 Å². The predicted octanol–water partition coefficient (Wildman–Crippen LogP) is 4.44. The zero-order valence-electron chi connectivity index (χ0n) is 9.93. The molecule has 1 aromatic rings. The van der Waals surface area contributed by atoms with Crippen LogP contribution in [-0.4, -0.2) is 6.54 Å². The maximum Gasteiger partial charge on any atom is 0.142 e. The van der Waals surface area contributed by atoms with E-state index in [2.05, 4.69) is 12.2 Å². The summed E-state index contributed by atoms with van der Waals surface area (Å²) in [6, 6.07) is 2.92. The fourth-order valence-electron chi connectivity index (χ4n) is 1.99. The average molecular weight is 276 g/mol. The summed E-state index contributed by atoms with van der Waals surface area (Å²) in [5.74, 6) is 1.15. The molecule has 0 spiro atoms. The van der Waals surface area contributed by atoms with Gasteiger partial charge in [-0.3, -0.25) is 0 Å². The third kappa shape index (κ3) is 3.12. The molecule has 0 aromatic heterocycles. The van der Waals surface area contributed by atoms with Crippen LogP contribution in [0.5, 0.6) is 0 Å². The lowest BCUT2D eigenvalue weighted by atomic mass is 10.1. The highest BCUT2D eigenvalue weighted by molar-refractivity contribution is 6.35. The van der Waals surface area contributed by atoms with Gasteiger partial charge < -0.3 is 5.32 Å². The summed E-state index contributed by atoms with van der Waals surface area (Å²) in [6.07, 6.45) is 1.28. The van der Waals surface area contributed by atoms with Gasteiger partial charge in [0, 0.05) is 11.1 Å². The molecule has 3 atom stereocenters. The first-order chi connectivity index (χ1) is 7.99. The number of hydrogen-bond donors (Lipinski definition) is 1. The highest BCUT2D eigenvalue weighted by atomic mass is 35.5. The van der Waals surface area contributed by atoms with Crippen molar-refractivity contribution in [3.05, 3.63) is 33.6 Å². The van der Waals surface area contributed by atoms with Crippen molar-refractivity contribution in [2.75, 3.05) is 6.54 Å². The Morgan fingerprint density at radius 2 is 2.06 bits per heavy atom. The molecule has 0 bridgehead atoms. The van der Waals surface area contributed by atoms with Gasteiger partial charge in [-0.25, -0.2) is 4.39 Å². The normalized spacial score (nSPS) is 24.8. The van der Waals surface area contributed by atoms with Gasteiger partial charge in [0.2, 0.25) is 0 Å². The van der Waals surface area contributed by atoms with E-state index in [9.17, 15) is 4.39 Å². The van der Waals surface area contributed by atoms with Gasteiger partial charge in [-0.2, -0.15) is 0 Å². The van der Waals surface area contributed by atoms with E-state index in [-0.39, 0.29) is 11.1 Å². The molecular formula is C13H16Cl2FN. The van der Waals surface area contributed by atoms with Gasteiger partial charge in [0.15, 0.2) is 0 Å². The van der Waals surface area contributed by atoms with E-state index in [0.717, 1.165) is 23.9 Å². The van der Waals surface area contributed by atoms with Crippen LogP contribution in [0.15, 0.2) is 12.1 Å². The first-order valence-electron chi connectivity index (χ1n) is 5.87. The van der Waals surface area contributed by atoms with Crippen LogP contribution < -0.4 is 5.32 Å². The lowest BCUT2D eigenvalue weighted by Crippen LogP contribution is -2.22. The average Bonchev–Trinajstić information content (AvgIpc) is 2.96. The molecule has 0 heterocycles. The number of rotatable bonds is 4. The minimum Gasteiger partial charge on any atom is -0.310 e. The third-order valence-electron chi connectivity index (χ3n) is 3.47. The number of halogens is 3. The van der Waals surface area contributed by atoms with Crippen LogP contribution >= 0.6 is 23.2 Å². The molecule has 1 fully saturated rings. The summed E-state index contributed by atoms with van der Waals surface area (Å²) in [5.41, 5.74) is 0.766. The molecule has 1 N–H and O–H groups in total. The second-order valence-corrected chi connectivity index (χ2v) is 5.71. The molecule has 1 aromatic carbocycles. The van der Waals surface area contributed by atoms with E-state index in [1.165, 1.54) is 18.6 Å². The lowest BCUT2D eigenvalue weighted by molar-refractivity contribution is 0.531. The predicted molar refractivity (Wildman–Crippen MR) is 70.1 cm³/mol. The van der Waals surface area contributed by atoms with Crippen LogP contribution in [0.2, 0.25) is 10.0 Å². The quantitative estimate of drug-likeness (QED) is 0.802. The second-order valence-electron chi connectivity index (χ2n) is 4.89. The van der Waals surface area contributed by atoms with E-state index in [4.69, 9.17) is 23.2 Å². The highest BCUT2D eigenvalue weighted by Gasteiger charge is 2.32. The molecule has 0 aliphatic heterocycles. The van der Waals surface area contributed by atoms with Crippen molar-refractivity contribution in [2.45, 2.75) is 26.3 Å². The summed E-state index contributed by atoms with van der Waals surface area (Å²) in [6.45, 7) is 5.19. The SMILES string of the molecule is CC(NCC1CC1C)c1cc(F)c(Cl)cc1Cl. The maximum atomic E-state index is 13.4. The highest BCUT2D eigenvalue weighted by Crippen LogP contribution is 2.37. The van der Waals surface area contributed by atoms with Gasteiger partial charge in [0.05, 0.1) is 5.02 Å². The Morgan fingerprint density at radius 1 is 1.41 bits per heavy atom. The molecule has 94 valence electrons. The maximum absolute atomic E-state index is 13.4. The van der Waals surface area contributed by atoms with E-state index in [1.54, 1.807) is 0 Å². The van der Waals surface area contributed by atoms with E-state index < -0.39 is 5.82 Å². The van der Waals surface area contributed by atoms with Gasteiger partial charge >= 0.3 is 0 Å². The minimum atomic E-state index is -0.417. The monoisotopic (exact) mass is 275 g/mol. The molecule has 4 heteroatoms. The lowest BCUT2D eigenvalue weighted by Gasteiger charge is -2.16. The minimum absolute atomic E-state index is 0.0436. The molecule has 2 rings (SSSR count). The Labute approximate surface area is 111 Å². The molecule has 0 saturated heterocycles. The van der Waals surface area contributed by atoms with Gasteiger partial charge in [0.25, 0.3) is 0 Å². The standard InChI is InChI=1S/C13H16Cl2FN/c1-7-3-9(7)6-17-8(2)10-4-13(16)12(15)5-11(10)14/h4-5,7-9,17H,3,6H2,1-2H3. The van der Waals surface area contributed by atoms with Crippen molar-refractivity contribution in [3.63, 3.8) is 0 Å². The van der Waals surface area contributed by atoms with Crippen molar-refractivity contribution < 1.29 is 4.39 Å². The summed E-state index contributed by atoms with van der Waals surface area (Å²) in [4.78, 5) is 0. The summed E-state index contributed by atoms with van der Waals surface area (Å²) in [5, 5.41) is 3.97. The number of nitrogens with one attached hydrogen (secondary N) is 1. The smallest absolute Gasteiger partial charge is 0.142 e. The first kappa shape index (κ1) is 13.1. The van der Waals surface area contributed by atoms with E-state index in [1.807, 2.05) is 6.92 Å².